The molecule has 4 rings (SSSR count). The van der Waals surface area contributed by atoms with Gasteiger partial charge in [0.2, 0.25) is 0 Å². The van der Waals surface area contributed by atoms with Crippen LogP contribution < -0.4 is 0 Å². The van der Waals surface area contributed by atoms with Crippen LogP contribution in [0.4, 0.5) is 0 Å². The van der Waals surface area contributed by atoms with Gasteiger partial charge < -0.3 is 4.42 Å². The molecule has 2 heterocycles. The summed E-state index contributed by atoms with van der Waals surface area (Å²) in [5.74, 6) is 0.173. The molecule has 126 valence electrons. The van der Waals surface area contributed by atoms with E-state index in [2.05, 4.69) is 4.98 Å². The molecule has 25 heavy (non-hydrogen) atoms. The summed E-state index contributed by atoms with van der Waals surface area (Å²) < 4.78 is 5.69. The average molecular weight is 392 g/mol. The predicted octanol–water partition coefficient (Wildman–Crippen LogP) is 5.78. The van der Waals surface area contributed by atoms with Gasteiger partial charge in [-0.3, -0.25) is 9.59 Å². The highest BCUT2D eigenvalue weighted by molar-refractivity contribution is 7.19. The van der Waals surface area contributed by atoms with Gasteiger partial charge in [0.1, 0.15) is 0 Å². The number of Topliss-reactive ketones (excluding diaryl/α,β-unsaturated/α-hetero) is 2. The second-order valence-corrected chi connectivity index (χ2v) is 7.93. The second kappa shape index (κ2) is 5.80. The molecule has 0 unspecified atom stereocenters. The van der Waals surface area contributed by atoms with Crippen molar-refractivity contribution in [2.24, 2.45) is 0 Å². The molecule has 0 bridgehead atoms. The van der Waals surface area contributed by atoms with Gasteiger partial charge in [0.05, 0.1) is 15.6 Å². The van der Waals surface area contributed by atoms with Gasteiger partial charge in [0, 0.05) is 28.0 Å². The van der Waals surface area contributed by atoms with Gasteiger partial charge in [0.25, 0.3) is 0 Å². The van der Waals surface area contributed by atoms with Gasteiger partial charge >= 0.3 is 0 Å². The quantitative estimate of drug-likeness (QED) is 0.410. The van der Waals surface area contributed by atoms with E-state index in [0.29, 0.717) is 11.5 Å². The number of thiophene rings is 1. The first-order valence-electron chi connectivity index (χ1n) is 7.55. The molecule has 0 saturated carbocycles. The van der Waals surface area contributed by atoms with E-state index in [1.165, 1.54) is 23.5 Å². The summed E-state index contributed by atoms with van der Waals surface area (Å²) in [6.45, 7) is 4.00. The standard InChI is InChI=1S/C18H11Cl2NO3S/c1-7(2)17-21-18-14(24-17)4-8(25-18)3-11-15(22)9-5-12(19)13(20)6-10(9)16(11)23/h3-7H,1-2H3. The molecule has 0 spiro atoms. The van der Waals surface area contributed by atoms with Crippen LogP contribution in [-0.2, 0) is 0 Å². The molecule has 1 aliphatic carbocycles. The van der Waals surface area contributed by atoms with E-state index in [9.17, 15) is 9.59 Å². The number of ketones is 2. The molecular weight excluding hydrogens is 381 g/mol. The van der Waals surface area contributed by atoms with Crippen LogP contribution in [-0.4, -0.2) is 16.6 Å². The molecule has 0 atom stereocenters. The van der Waals surface area contributed by atoms with E-state index in [1.807, 2.05) is 13.8 Å². The molecule has 0 aliphatic heterocycles. The number of aromatic nitrogens is 1. The van der Waals surface area contributed by atoms with E-state index < -0.39 is 0 Å². The minimum Gasteiger partial charge on any atom is -0.439 e. The third kappa shape index (κ3) is 2.63. The maximum absolute atomic E-state index is 12.5. The van der Waals surface area contributed by atoms with Crippen molar-refractivity contribution < 1.29 is 14.0 Å². The lowest BCUT2D eigenvalue weighted by atomic mass is 10.1. The fourth-order valence-corrected chi connectivity index (χ4v) is 3.91. The van der Waals surface area contributed by atoms with Crippen molar-refractivity contribution in [3.05, 3.63) is 55.7 Å². The number of carbonyl (C=O) groups is 2. The molecule has 0 fully saturated rings. The summed E-state index contributed by atoms with van der Waals surface area (Å²) in [5, 5.41) is 0.503. The zero-order chi connectivity index (χ0) is 17.9. The van der Waals surface area contributed by atoms with Crippen LogP contribution in [0.2, 0.25) is 10.0 Å². The SMILES string of the molecule is CC(C)c1nc2sc(C=C3C(=O)c4cc(Cl)c(Cl)cc4C3=O)cc2o1. The average Bonchev–Trinajstić information content (AvgIpc) is 3.17. The highest BCUT2D eigenvalue weighted by atomic mass is 35.5. The summed E-state index contributed by atoms with van der Waals surface area (Å²) in [4.78, 5) is 31.0. The van der Waals surface area contributed by atoms with E-state index in [-0.39, 0.29) is 44.2 Å². The minimum atomic E-state index is -0.348. The Morgan fingerprint density at radius 1 is 1.08 bits per heavy atom. The number of benzene rings is 1. The van der Waals surface area contributed by atoms with Gasteiger partial charge in [-0.05, 0) is 18.2 Å². The Bertz CT molecular complexity index is 1020. The molecule has 0 N–H and O–H groups in total. The molecule has 0 saturated heterocycles. The molecule has 2 aromatic heterocycles. The Morgan fingerprint density at radius 3 is 2.20 bits per heavy atom. The van der Waals surface area contributed by atoms with E-state index >= 15 is 0 Å². The number of nitrogens with zero attached hydrogens (tertiary/aromatic N) is 1. The van der Waals surface area contributed by atoms with Crippen molar-refractivity contribution in [2.75, 3.05) is 0 Å². The van der Waals surface area contributed by atoms with Crippen LogP contribution in [0.3, 0.4) is 0 Å². The zero-order valence-electron chi connectivity index (χ0n) is 13.2. The topological polar surface area (TPSA) is 60.2 Å². The maximum atomic E-state index is 12.5. The van der Waals surface area contributed by atoms with Crippen LogP contribution in [0.1, 0.15) is 51.2 Å². The van der Waals surface area contributed by atoms with Gasteiger partial charge in [0.15, 0.2) is 27.9 Å². The maximum Gasteiger partial charge on any atom is 0.198 e. The lowest BCUT2D eigenvalue weighted by Crippen LogP contribution is -1.99. The summed E-state index contributed by atoms with van der Waals surface area (Å²) >= 11 is 13.3. The number of allylic oxidation sites excluding steroid dienone is 1. The summed E-state index contributed by atoms with van der Waals surface area (Å²) in [5.41, 5.74) is 1.32. The third-order valence-corrected chi connectivity index (χ3v) is 5.62. The number of hydrogen-bond acceptors (Lipinski definition) is 5. The van der Waals surface area contributed by atoms with Crippen molar-refractivity contribution in [1.29, 1.82) is 0 Å². The predicted molar refractivity (Wildman–Crippen MR) is 99.1 cm³/mol. The van der Waals surface area contributed by atoms with Crippen molar-refractivity contribution >= 4 is 62.6 Å². The Hall–Kier alpha value is -1.95. The molecule has 3 aromatic rings. The molecule has 1 aromatic carbocycles. The Balaban J connectivity index is 1.76. The van der Waals surface area contributed by atoms with Crippen molar-refractivity contribution in [3.8, 4) is 0 Å². The minimum absolute atomic E-state index is 0.0984. The molecular formula is C18H11Cl2NO3S. The summed E-state index contributed by atoms with van der Waals surface area (Å²) in [7, 11) is 0. The van der Waals surface area contributed by atoms with Crippen LogP contribution in [0.15, 0.2) is 28.2 Å². The lowest BCUT2D eigenvalue weighted by molar-refractivity contribution is 0.0990. The first-order valence-corrected chi connectivity index (χ1v) is 9.13. The highest BCUT2D eigenvalue weighted by Crippen LogP contribution is 2.36. The summed E-state index contributed by atoms with van der Waals surface area (Å²) in [6.07, 6.45) is 1.57. The molecule has 7 heteroatoms. The number of halogens is 2. The third-order valence-electron chi connectivity index (χ3n) is 3.94. The number of fused-ring (bicyclic) bond motifs is 2. The van der Waals surface area contributed by atoms with E-state index in [1.54, 1.807) is 12.1 Å². The van der Waals surface area contributed by atoms with Crippen LogP contribution in [0.25, 0.3) is 16.5 Å². The monoisotopic (exact) mass is 391 g/mol. The second-order valence-electron chi connectivity index (χ2n) is 6.05. The first-order chi connectivity index (χ1) is 11.8. The highest BCUT2D eigenvalue weighted by Gasteiger charge is 2.34. The number of oxazole rings is 1. The fourth-order valence-electron chi connectivity index (χ4n) is 2.68. The van der Waals surface area contributed by atoms with Gasteiger partial charge in [-0.1, -0.05) is 37.0 Å². The van der Waals surface area contributed by atoms with E-state index in [4.69, 9.17) is 27.6 Å². The molecule has 1 aliphatic rings. The normalized spacial score (nSPS) is 14.0. The summed E-state index contributed by atoms with van der Waals surface area (Å²) in [6, 6.07) is 4.67. The Morgan fingerprint density at radius 2 is 1.68 bits per heavy atom. The van der Waals surface area contributed by atoms with Crippen LogP contribution in [0, 0.1) is 0 Å². The smallest absolute Gasteiger partial charge is 0.198 e. The van der Waals surface area contributed by atoms with Gasteiger partial charge in [-0.2, -0.15) is 0 Å². The number of rotatable bonds is 2. The van der Waals surface area contributed by atoms with Gasteiger partial charge in [-0.25, -0.2) is 4.98 Å². The van der Waals surface area contributed by atoms with Crippen molar-refractivity contribution in [2.45, 2.75) is 19.8 Å². The Labute approximate surface area is 157 Å². The van der Waals surface area contributed by atoms with Gasteiger partial charge in [-0.15, -0.1) is 11.3 Å². The number of carbonyl (C=O) groups excluding carboxylic acids is 2. The van der Waals surface area contributed by atoms with Crippen molar-refractivity contribution in [3.63, 3.8) is 0 Å². The van der Waals surface area contributed by atoms with Crippen molar-refractivity contribution in [1.82, 2.24) is 4.98 Å². The largest absolute Gasteiger partial charge is 0.439 e. The fraction of sp³-hybridized carbons (Fsp3) is 0.167. The zero-order valence-corrected chi connectivity index (χ0v) is 15.6. The molecule has 4 nitrogen and oxygen atoms in total. The van der Waals surface area contributed by atoms with Crippen LogP contribution >= 0.6 is 34.5 Å². The lowest BCUT2D eigenvalue weighted by Gasteiger charge is -1.98. The van der Waals surface area contributed by atoms with Crippen LogP contribution in [0.5, 0.6) is 0 Å². The first kappa shape index (κ1) is 16.5. The van der Waals surface area contributed by atoms with E-state index in [0.717, 1.165) is 9.71 Å². The Kier molecular flexibility index (Phi) is 3.83. The number of hydrogen-bond donors (Lipinski definition) is 0. The molecule has 0 radical (unpaired) electrons. The molecule has 0 amide bonds.